The second kappa shape index (κ2) is 9.58. The number of benzene rings is 2. The predicted molar refractivity (Wildman–Crippen MR) is 119 cm³/mol. The Morgan fingerprint density at radius 1 is 0.778 bits per heavy atom. The molecule has 6 nitrogen and oxygen atoms in total. The molecule has 1 fully saturated rings. The van der Waals surface area contributed by atoms with Gasteiger partial charge in [-0.1, -0.05) is 18.6 Å². The van der Waals surface area contributed by atoms with Gasteiger partial charge in [-0.05, 0) is 61.8 Å². The van der Waals surface area contributed by atoms with E-state index in [0.29, 0.717) is 20.7 Å². The lowest BCUT2D eigenvalue weighted by Crippen LogP contribution is -2.53. The molecule has 13 heteroatoms. The second-order valence-corrected chi connectivity index (χ2v) is 10.5. The van der Waals surface area contributed by atoms with Crippen molar-refractivity contribution in [3.8, 4) is 0 Å². The summed E-state index contributed by atoms with van der Waals surface area (Å²) in [6, 6.07) is 6.57. The maximum atomic E-state index is 13.5. The van der Waals surface area contributed by atoms with Crippen LogP contribution in [0.4, 0.5) is 32.0 Å². The fourth-order valence-corrected chi connectivity index (χ4v) is 6.01. The number of para-hydroxylation sites is 1. The number of carbonyl (C=O) groups excluding carboxylic acids is 1. The van der Waals surface area contributed by atoms with Gasteiger partial charge in [0.05, 0.1) is 35.5 Å². The lowest BCUT2D eigenvalue weighted by molar-refractivity contribution is -0.143. The highest BCUT2D eigenvalue weighted by atomic mass is 32.2. The van der Waals surface area contributed by atoms with E-state index < -0.39 is 51.7 Å². The Balaban J connectivity index is 1.73. The summed E-state index contributed by atoms with van der Waals surface area (Å²) in [4.78, 5) is 15.1. The van der Waals surface area contributed by atoms with Crippen LogP contribution in [-0.4, -0.2) is 49.7 Å². The molecule has 1 amide bonds. The molecule has 0 N–H and O–H groups in total. The lowest BCUT2D eigenvalue weighted by Gasteiger charge is -2.38. The zero-order valence-corrected chi connectivity index (χ0v) is 19.8. The van der Waals surface area contributed by atoms with Crippen molar-refractivity contribution in [1.82, 2.24) is 9.21 Å². The number of carbonyl (C=O) groups is 1. The van der Waals surface area contributed by atoms with E-state index >= 15 is 0 Å². The normalized spacial score (nSPS) is 18.9. The molecule has 4 rings (SSSR count). The van der Waals surface area contributed by atoms with E-state index in [-0.39, 0.29) is 30.4 Å². The van der Waals surface area contributed by atoms with Gasteiger partial charge in [0, 0.05) is 6.54 Å². The van der Waals surface area contributed by atoms with Crippen molar-refractivity contribution in [2.45, 2.75) is 38.2 Å². The Morgan fingerprint density at radius 2 is 1.36 bits per heavy atom. The number of hydrogen-bond acceptors (Lipinski definition) is 4. The van der Waals surface area contributed by atoms with E-state index in [2.05, 4.69) is 0 Å². The molecule has 196 valence electrons. The zero-order chi connectivity index (χ0) is 26.3. The van der Waals surface area contributed by atoms with Gasteiger partial charge in [-0.15, -0.1) is 0 Å². The Labute approximate surface area is 204 Å². The fraction of sp³-hybridized carbons (Fsp3) is 0.435. The first-order chi connectivity index (χ1) is 16.8. The summed E-state index contributed by atoms with van der Waals surface area (Å²) in [7, 11) is -4.59. The van der Waals surface area contributed by atoms with Gasteiger partial charge in [0.2, 0.25) is 0 Å². The number of rotatable bonds is 5. The number of nitrogens with zero attached hydrogens (tertiary/aromatic N) is 3. The van der Waals surface area contributed by atoms with Crippen LogP contribution in [0.1, 0.15) is 46.3 Å². The molecule has 0 radical (unpaired) electrons. The topological polar surface area (TPSA) is 60.9 Å². The van der Waals surface area contributed by atoms with Crippen molar-refractivity contribution >= 4 is 21.8 Å². The van der Waals surface area contributed by atoms with Crippen molar-refractivity contribution in [2.75, 3.05) is 30.5 Å². The number of piperidine rings is 1. The van der Waals surface area contributed by atoms with E-state index in [1.807, 2.05) is 4.90 Å². The molecule has 0 bridgehead atoms. The van der Waals surface area contributed by atoms with Crippen LogP contribution in [0.3, 0.4) is 0 Å². The van der Waals surface area contributed by atoms with Gasteiger partial charge in [-0.25, -0.2) is 8.61 Å². The summed E-state index contributed by atoms with van der Waals surface area (Å²) in [5.41, 5.74) is -3.72. The first-order valence-corrected chi connectivity index (χ1v) is 12.6. The molecule has 36 heavy (non-hydrogen) atoms. The monoisotopic (exact) mass is 535 g/mol. The molecule has 0 aliphatic carbocycles. The summed E-state index contributed by atoms with van der Waals surface area (Å²) in [6.07, 6.45) is -7.23. The molecule has 0 atom stereocenters. The number of anilines is 1. The lowest BCUT2D eigenvalue weighted by atomic mass is 10.0. The van der Waals surface area contributed by atoms with E-state index in [1.165, 1.54) is 24.3 Å². The summed E-state index contributed by atoms with van der Waals surface area (Å²) in [5.74, 6) is -0.793. The summed E-state index contributed by atoms with van der Waals surface area (Å²) >= 11 is 0. The van der Waals surface area contributed by atoms with Crippen LogP contribution >= 0.6 is 0 Å². The number of fused-ring (bicyclic) bond motifs is 1. The summed E-state index contributed by atoms with van der Waals surface area (Å²) in [6.45, 7) is 0.741. The van der Waals surface area contributed by atoms with Crippen LogP contribution in [-0.2, 0) is 29.1 Å². The number of likely N-dealkylation sites (tertiary alicyclic amines) is 1. The quantitative estimate of drug-likeness (QED) is 0.511. The third kappa shape index (κ3) is 5.31. The highest BCUT2D eigenvalue weighted by Crippen LogP contribution is 2.38. The average molecular weight is 536 g/mol. The molecular weight excluding hydrogens is 512 g/mol. The van der Waals surface area contributed by atoms with Crippen LogP contribution < -0.4 is 4.31 Å². The summed E-state index contributed by atoms with van der Waals surface area (Å²) in [5, 5.41) is 0. The molecule has 2 heterocycles. The van der Waals surface area contributed by atoms with Crippen LogP contribution in [0.5, 0.6) is 0 Å². The van der Waals surface area contributed by atoms with Gasteiger partial charge in [0.1, 0.15) is 0 Å². The average Bonchev–Trinajstić information content (AvgIpc) is 2.81. The third-order valence-electron chi connectivity index (χ3n) is 6.23. The maximum Gasteiger partial charge on any atom is 0.416 e. The van der Waals surface area contributed by atoms with Crippen LogP contribution in [0.2, 0.25) is 0 Å². The number of amides is 1. The minimum absolute atomic E-state index is 0.00556. The first kappa shape index (κ1) is 26.3. The van der Waals surface area contributed by atoms with E-state index in [1.54, 1.807) is 0 Å². The van der Waals surface area contributed by atoms with Crippen molar-refractivity contribution in [3.05, 3.63) is 64.7 Å². The largest absolute Gasteiger partial charge is 0.416 e. The van der Waals surface area contributed by atoms with Crippen molar-refractivity contribution in [2.24, 2.45) is 0 Å². The molecule has 2 aliphatic rings. The van der Waals surface area contributed by atoms with Gasteiger partial charge in [-0.3, -0.25) is 4.79 Å². The number of hydrogen-bond donors (Lipinski definition) is 0. The molecule has 0 aromatic heterocycles. The van der Waals surface area contributed by atoms with E-state index in [4.69, 9.17) is 0 Å². The van der Waals surface area contributed by atoms with Gasteiger partial charge >= 0.3 is 22.6 Å². The molecule has 0 spiro atoms. The molecule has 0 unspecified atom stereocenters. The van der Waals surface area contributed by atoms with Gasteiger partial charge < -0.3 is 4.90 Å². The van der Waals surface area contributed by atoms with E-state index in [9.17, 15) is 39.6 Å². The Kier molecular flexibility index (Phi) is 6.99. The fourth-order valence-electron chi connectivity index (χ4n) is 4.43. The number of halogens is 6. The number of alkyl halides is 6. The van der Waals surface area contributed by atoms with Crippen molar-refractivity contribution < 1.29 is 39.6 Å². The maximum absolute atomic E-state index is 13.5. The second-order valence-electron chi connectivity index (χ2n) is 8.73. The van der Waals surface area contributed by atoms with Gasteiger partial charge in [0.15, 0.2) is 0 Å². The first-order valence-electron chi connectivity index (χ1n) is 11.2. The van der Waals surface area contributed by atoms with Crippen LogP contribution in [0.25, 0.3) is 0 Å². The molecule has 2 aliphatic heterocycles. The smallest absolute Gasteiger partial charge is 0.302 e. The molecule has 1 saturated heterocycles. The molecule has 0 saturated carbocycles. The predicted octanol–water partition coefficient (Wildman–Crippen LogP) is 4.92. The molecule has 2 aromatic rings. The van der Waals surface area contributed by atoms with Crippen LogP contribution in [0, 0.1) is 0 Å². The van der Waals surface area contributed by atoms with E-state index in [0.717, 1.165) is 32.4 Å². The van der Waals surface area contributed by atoms with Crippen LogP contribution in [0.15, 0.2) is 42.5 Å². The highest BCUT2D eigenvalue weighted by molar-refractivity contribution is 7.91. The SMILES string of the molecule is O=C1c2ccccc2N(Cc2cc(C(F)(F)F)cc(C(F)(F)F)c2)S(=O)(=O)N1CCN1CCCCC1. The Morgan fingerprint density at radius 3 is 1.94 bits per heavy atom. The van der Waals surface area contributed by atoms with Gasteiger partial charge in [-0.2, -0.15) is 34.8 Å². The molecular formula is C23H23F6N3O3S. The van der Waals surface area contributed by atoms with Crippen molar-refractivity contribution in [1.29, 1.82) is 0 Å². The Bertz CT molecular complexity index is 1210. The standard InChI is InChI=1S/C23H23F6N3O3S/c24-22(25,26)17-12-16(13-18(14-17)23(27,28)29)15-32-20-7-3-2-6-19(20)21(33)31(36(32,34)35)11-10-30-8-4-1-5-9-30/h2-3,6-7,12-14H,1,4-5,8-11,15H2. The minimum Gasteiger partial charge on any atom is -0.302 e. The molecule has 2 aromatic carbocycles. The minimum atomic E-state index is -5.08. The highest BCUT2D eigenvalue weighted by Gasteiger charge is 2.43. The third-order valence-corrected chi connectivity index (χ3v) is 8.02. The summed E-state index contributed by atoms with van der Waals surface area (Å²) < 4.78 is 108. The zero-order valence-electron chi connectivity index (χ0n) is 18.9. The Hall–Kier alpha value is -2.80. The van der Waals surface area contributed by atoms with Crippen molar-refractivity contribution in [3.63, 3.8) is 0 Å². The van der Waals surface area contributed by atoms with Gasteiger partial charge in [0.25, 0.3) is 5.91 Å².